The summed E-state index contributed by atoms with van der Waals surface area (Å²) < 4.78 is 10.3. The SMILES string of the molecule is CC(C)=C[C@H](/C=C(\C)OB(O)O)c1[nH]c2ccccc2c1CCNC(=O)OCc1ccccc1. The Kier molecular flexibility index (Phi) is 8.96. The quantitative estimate of drug-likeness (QED) is 0.201. The van der Waals surface area contributed by atoms with Crippen molar-refractivity contribution in [1.29, 1.82) is 0 Å². The first-order chi connectivity index (χ1) is 16.3. The molecule has 1 heterocycles. The molecule has 0 unspecified atom stereocenters. The highest BCUT2D eigenvalue weighted by Gasteiger charge is 2.19. The van der Waals surface area contributed by atoms with Gasteiger partial charge >= 0.3 is 13.4 Å². The van der Waals surface area contributed by atoms with Gasteiger partial charge < -0.3 is 29.7 Å². The van der Waals surface area contributed by atoms with Crippen LogP contribution in [0.1, 0.15) is 43.5 Å². The van der Waals surface area contributed by atoms with Crippen LogP contribution in [0.15, 0.2) is 78.1 Å². The number of para-hydroxylation sites is 1. The Labute approximate surface area is 200 Å². The van der Waals surface area contributed by atoms with Gasteiger partial charge in [-0.3, -0.25) is 0 Å². The average molecular weight is 462 g/mol. The molecule has 7 nitrogen and oxygen atoms in total. The van der Waals surface area contributed by atoms with Gasteiger partial charge in [-0.1, -0.05) is 60.2 Å². The van der Waals surface area contributed by atoms with Gasteiger partial charge in [0, 0.05) is 29.1 Å². The number of fused-ring (bicyclic) bond motifs is 1. The number of hydrogen-bond acceptors (Lipinski definition) is 5. The summed E-state index contributed by atoms with van der Waals surface area (Å²) in [6, 6.07) is 17.5. The maximum absolute atomic E-state index is 12.2. The Morgan fingerprint density at radius 2 is 1.76 bits per heavy atom. The van der Waals surface area contributed by atoms with E-state index in [1.165, 1.54) is 0 Å². The fourth-order valence-electron chi connectivity index (χ4n) is 3.87. The Morgan fingerprint density at radius 1 is 1.06 bits per heavy atom. The van der Waals surface area contributed by atoms with Crippen molar-refractivity contribution < 1.29 is 24.2 Å². The molecule has 1 amide bonds. The molecular weight excluding hydrogens is 431 g/mol. The monoisotopic (exact) mass is 462 g/mol. The topological polar surface area (TPSA) is 104 Å². The Morgan fingerprint density at radius 3 is 2.47 bits per heavy atom. The van der Waals surface area contributed by atoms with E-state index >= 15 is 0 Å². The second-order valence-corrected chi connectivity index (χ2v) is 8.29. The predicted octanol–water partition coefficient (Wildman–Crippen LogP) is 4.58. The molecule has 1 aromatic heterocycles. The molecule has 178 valence electrons. The number of rotatable bonds is 10. The zero-order valence-corrected chi connectivity index (χ0v) is 19.7. The first-order valence-corrected chi connectivity index (χ1v) is 11.2. The number of aromatic amines is 1. The van der Waals surface area contributed by atoms with E-state index in [0.717, 1.165) is 33.3 Å². The highest BCUT2D eigenvalue weighted by Crippen LogP contribution is 2.31. The van der Waals surface area contributed by atoms with Gasteiger partial charge in [0.25, 0.3) is 0 Å². The number of allylic oxidation sites excluding steroid dienone is 4. The molecule has 2 aromatic carbocycles. The molecule has 0 bridgehead atoms. The summed E-state index contributed by atoms with van der Waals surface area (Å²) in [5, 5.41) is 22.2. The van der Waals surface area contributed by atoms with Crippen LogP contribution in [-0.4, -0.2) is 35.0 Å². The van der Waals surface area contributed by atoms with Crippen molar-refractivity contribution in [3.8, 4) is 0 Å². The van der Waals surface area contributed by atoms with Crippen molar-refractivity contribution in [3.63, 3.8) is 0 Å². The Balaban J connectivity index is 1.78. The summed E-state index contributed by atoms with van der Waals surface area (Å²) >= 11 is 0. The number of alkyl carbamates (subject to hydrolysis) is 1. The fraction of sp³-hybridized carbons (Fsp3) is 0.269. The van der Waals surface area contributed by atoms with Crippen LogP contribution in [0.25, 0.3) is 10.9 Å². The third kappa shape index (κ3) is 7.26. The largest absolute Gasteiger partial charge is 0.707 e. The Hall–Kier alpha value is -3.49. The molecule has 0 saturated carbocycles. The summed E-state index contributed by atoms with van der Waals surface area (Å²) in [5.41, 5.74) is 5.04. The lowest BCUT2D eigenvalue weighted by Gasteiger charge is -2.14. The highest BCUT2D eigenvalue weighted by molar-refractivity contribution is 6.33. The Bertz CT molecular complexity index is 1150. The average Bonchev–Trinajstić information content (AvgIpc) is 3.16. The van der Waals surface area contributed by atoms with Crippen LogP contribution >= 0.6 is 0 Å². The molecule has 1 atom stereocenters. The van der Waals surface area contributed by atoms with Crippen molar-refractivity contribution in [2.24, 2.45) is 0 Å². The van der Waals surface area contributed by atoms with Crippen LogP contribution in [0.4, 0.5) is 4.79 Å². The van der Waals surface area contributed by atoms with Crippen molar-refractivity contribution in [2.75, 3.05) is 6.54 Å². The van der Waals surface area contributed by atoms with Crippen LogP contribution in [-0.2, 0) is 22.4 Å². The second-order valence-electron chi connectivity index (χ2n) is 8.29. The molecule has 3 aromatic rings. The molecule has 0 aliphatic heterocycles. The summed E-state index contributed by atoms with van der Waals surface area (Å²) in [6.45, 7) is 6.31. The van der Waals surface area contributed by atoms with Gasteiger partial charge in [0.2, 0.25) is 0 Å². The number of hydrogen-bond donors (Lipinski definition) is 4. The number of amides is 1. The van der Waals surface area contributed by atoms with Gasteiger partial charge in [-0.2, -0.15) is 0 Å². The first kappa shape index (κ1) is 25.1. The van der Waals surface area contributed by atoms with Gasteiger partial charge in [0.05, 0.1) is 5.76 Å². The third-order valence-corrected chi connectivity index (χ3v) is 5.26. The maximum atomic E-state index is 12.2. The molecule has 8 heteroatoms. The summed E-state index contributed by atoms with van der Waals surface area (Å²) in [7, 11) is -1.88. The van der Waals surface area contributed by atoms with Gasteiger partial charge in [0.15, 0.2) is 0 Å². The van der Waals surface area contributed by atoms with E-state index in [1.54, 1.807) is 6.92 Å². The van der Waals surface area contributed by atoms with E-state index in [0.29, 0.717) is 18.7 Å². The van der Waals surface area contributed by atoms with E-state index in [1.807, 2.05) is 74.5 Å². The van der Waals surface area contributed by atoms with Gasteiger partial charge in [-0.25, -0.2) is 4.79 Å². The normalized spacial score (nSPS) is 12.2. The van der Waals surface area contributed by atoms with E-state index in [2.05, 4.69) is 16.4 Å². The van der Waals surface area contributed by atoms with Crippen LogP contribution < -0.4 is 5.32 Å². The summed E-state index contributed by atoms with van der Waals surface area (Å²) in [4.78, 5) is 15.7. The molecule has 0 radical (unpaired) electrons. The summed E-state index contributed by atoms with van der Waals surface area (Å²) in [5.74, 6) is 0.209. The molecule has 0 aliphatic carbocycles. The molecule has 0 spiro atoms. The van der Waals surface area contributed by atoms with Gasteiger partial charge in [-0.05, 0) is 50.5 Å². The number of H-pyrrole nitrogens is 1. The van der Waals surface area contributed by atoms with Crippen LogP contribution in [0.2, 0.25) is 0 Å². The molecule has 0 aliphatic rings. The van der Waals surface area contributed by atoms with Crippen molar-refractivity contribution in [3.05, 3.63) is 94.9 Å². The van der Waals surface area contributed by atoms with Crippen molar-refractivity contribution >= 4 is 24.3 Å². The van der Waals surface area contributed by atoms with Crippen LogP contribution in [0.3, 0.4) is 0 Å². The lowest BCUT2D eigenvalue weighted by Crippen LogP contribution is -2.26. The highest BCUT2D eigenvalue weighted by atomic mass is 16.6. The predicted molar refractivity (Wildman–Crippen MR) is 134 cm³/mol. The summed E-state index contributed by atoms with van der Waals surface area (Å²) in [6.07, 6.45) is 4.03. The number of nitrogens with one attached hydrogen (secondary N) is 2. The maximum Gasteiger partial charge on any atom is 0.707 e. The van der Waals surface area contributed by atoms with Crippen LogP contribution in [0.5, 0.6) is 0 Å². The van der Waals surface area contributed by atoms with E-state index in [9.17, 15) is 4.79 Å². The molecule has 3 rings (SSSR count). The molecule has 4 N–H and O–H groups in total. The first-order valence-electron chi connectivity index (χ1n) is 11.2. The molecule has 0 saturated heterocycles. The number of carbonyl (C=O) groups excluding carboxylic acids is 1. The smallest absolute Gasteiger partial charge is 0.516 e. The molecule has 34 heavy (non-hydrogen) atoms. The van der Waals surface area contributed by atoms with Gasteiger partial charge in [0.1, 0.15) is 6.61 Å². The molecular formula is C26H31BN2O5. The standard InChI is InChI=1S/C26H31BN2O5/c1-18(2)15-21(16-19(3)34-27(31)32)25-23(22-11-7-8-12-24(22)29-25)13-14-28-26(30)33-17-20-9-5-4-6-10-20/h4-12,15-16,21,29,31-32H,13-14,17H2,1-3H3,(H,28,30)/b19-16+/t21-/m1/s1. The minimum absolute atomic E-state index is 0.184. The van der Waals surface area contributed by atoms with E-state index in [4.69, 9.17) is 19.4 Å². The zero-order valence-electron chi connectivity index (χ0n) is 19.7. The minimum atomic E-state index is -1.88. The van der Waals surface area contributed by atoms with Crippen LogP contribution in [0, 0.1) is 0 Å². The lowest BCUT2D eigenvalue weighted by molar-refractivity contribution is 0.140. The number of benzene rings is 2. The zero-order chi connectivity index (χ0) is 24.5. The lowest BCUT2D eigenvalue weighted by atomic mass is 9.95. The molecule has 0 fully saturated rings. The number of carbonyl (C=O) groups is 1. The number of aromatic nitrogens is 1. The van der Waals surface area contributed by atoms with E-state index < -0.39 is 13.4 Å². The van der Waals surface area contributed by atoms with Crippen molar-refractivity contribution in [2.45, 2.75) is 39.7 Å². The minimum Gasteiger partial charge on any atom is -0.516 e. The van der Waals surface area contributed by atoms with E-state index in [-0.39, 0.29) is 12.5 Å². The third-order valence-electron chi connectivity index (χ3n) is 5.26. The second kappa shape index (κ2) is 12.1. The van der Waals surface area contributed by atoms with Gasteiger partial charge in [-0.15, -0.1) is 0 Å². The van der Waals surface area contributed by atoms with Crippen molar-refractivity contribution in [1.82, 2.24) is 10.3 Å². The number of ether oxygens (including phenoxy) is 1. The fourth-order valence-corrected chi connectivity index (χ4v) is 3.87.